The van der Waals surface area contributed by atoms with Crippen molar-refractivity contribution in [3.8, 4) is 39.1 Å². The third-order valence-electron chi connectivity index (χ3n) is 14.4. The number of nitrogens with zero attached hydrogens (tertiary/aromatic N) is 2. The average molecular weight is 875 g/mol. The third-order valence-corrected chi connectivity index (χ3v) is 14.4. The minimum Gasteiger partial charge on any atom is -0.456 e. The van der Waals surface area contributed by atoms with Crippen LogP contribution in [0, 0.1) is 0 Å². The summed E-state index contributed by atoms with van der Waals surface area (Å²) in [6, 6.07) is 78.9. The summed E-state index contributed by atoms with van der Waals surface area (Å²) < 4.78 is 15.6. The van der Waals surface area contributed by atoms with Crippen LogP contribution in [0.15, 0.2) is 227 Å². The van der Waals surface area contributed by atoms with Gasteiger partial charge in [0, 0.05) is 55.0 Å². The molecule has 68 heavy (non-hydrogen) atoms. The van der Waals surface area contributed by atoms with Crippen molar-refractivity contribution in [2.45, 2.75) is 26.7 Å². The van der Waals surface area contributed by atoms with Crippen LogP contribution in [0.2, 0.25) is 0 Å². The Balaban J connectivity index is 0.00000457. The first kappa shape index (κ1) is 39.7. The van der Waals surface area contributed by atoms with Gasteiger partial charge >= 0.3 is 0 Å². The Labute approximate surface area is 394 Å². The summed E-state index contributed by atoms with van der Waals surface area (Å²) in [5.41, 5.74) is 19.8. The summed E-state index contributed by atoms with van der Waals surface area (Å²) in [5.74, 6) is 0. The van der Waals surface area contributed by atoms with Crippen LogP contribution >= 0.6 is 0 Å². The smallest absolute Gasteiger partial charge is 0.143 e. The van der Waals surface area contributed by atoms with Crippen molar-refractivity contribution in [1.82, 2.24) is 4.57 Å². The van der Waals surface area contributed by atoms with Gasteiger partial charge in [-0.2, -0.15) is 0 Å². The van der Waals surface area contributed by atoms with Gasteiger partial charge in [0.2, 0.25) is 0 Å². The molecule has 13 aromatic rings. The number of aromatic nitrogens is 1. The first-order valence-corrected chi connectivity index (χ1v) is 23.1. The van der Waals surface area contributed by atoms with E-state index in [0.29, 0.717) is 0 Å². The Morgan fingerprint density at radius 1 is 0.397 bits per heavy atom. The molecule has 0 saturated carbocycles. The lowest BCUT2D eigenvalue weighted by Gasteiger charge is -2.28. The maximum Gasteiger partial charge on any atom is 0.143 e. The Bertz CT molecular complexity index is 4130. The van der Waals surface area contributed by atoms with Crippen LogP contribution in [0.4, 0.5) is 17.1 Å². The lowest BCUT2D eigenvalue weighted by atomic mass is 9.82. The van der Waals surface area contributed by atoms with Gasteiger partial charge in [-0.25, -0.2) is 0 Å². The number of hydrogen-bond donors (Lipinski definition) is 0. The van der Waals surface area contributed by atoms with Crippen molar-refractivity contribution < 1.29 is 8.83 Å². The predicted molar refractivity (Wildman–Crippen MR) is 285 cm³/mol. The van der Waals surface area contributed by atoms with E-state index in [1.807, 2.05) is 12.1 Å². The first-order chi connectivity index (χ1) is 33.0. The Morgan fingerprint density at radius 2 is 1.01 bits per heavy atom. The minimum absolute atomic E-state index is 0. The average Bonchev–Trinajstić information content (AvgIpc) is 4.11. The van der Waals surface area contributed by atoms with E-state index >= 15 is 0 Å². The summed E-state index contributed by atoms with van der Waals surface area (Å²) in [5, 5.41) is 6.85. The van der Waals surface area contributed by atoms with E-state index in [9.17, 15) is 0 Å². The monoisotopic (exact) mass is 874 g/mol. The highest BCUT2D eigenvalue weighted by molar-refractivity contribution is 6.15. The lowest BCUT2D eigenvalue weighted by molar-refractivity contribution is 0.660. The standard InChI is InChI=1S/C63H42N2O2.CH4/c1-63(2)53-21-9-6-16-46(53)47-33-32-44(38-54(47)63)64(43-30-26-39(27-31-43)45-19-12-20-50-49-18-8-11-24-58(49)67-62(45)50)57-23-13-25-60-61(57)52-37-41(29-35-59(52)66-60)40-28-34-56-51(36-40)48-17-7-10-22-55(48)65(56)42-14-4-3-5-15-42;/h3-38H,1-2H3;1H4. The molecule has 4 heteroatoms. The molecule has 10 aromatic carbocycles. The number of fused-ring (bicyclic) bond motifs is 12. The van der Waals surface area contributed by atoms with Crippen LogP contribution in [0.5, 0.6) is 0 Å². The number of rotatable bonds is 6. The molecular weight excluding hydrogens is 829 g/mol. The number of benzene rings is 10. The summed E-state index contributed by atoms with van der Waals surface area (Å²) >= 11 is 0. The van der Waals surface area contributed by atoms with Crippen LogP contribution in [0.3, 0.4) is 0 Å². The Morgan fingerprint density at radius 3 is 1.88 bits per heavy atom. The van der Waals surface area contributed by atoms with E-state index < -0.39 is 0 Å². The molecule has 0 saturated heterocycles. The summed E-state index contributed by atoms with van der Waals surface area (Å²) in [4.78, 5) is 2.42. The molecule has 0 fully saturated rings. The maximum atomic E-state index is 6.74. The zero-order valence-corrected chi connectivity index (χ0v) is 37.0. The van der Waals surface area contributed by atoms with Gasteiger partial charge < -0.3 is 18.3 Å². The van der Waals surface area contributed by atoms with Crippen molar-refractivity contribution in [3.63, 3.8) is 0 Å². The van der Waals surface area contributed by atoms with Crippen LogP contribution < -0.4 is 4.90 Å². The van der Waals surface area contributed by atoms with Crippen molar-refractivity contribution in [2.75, 3.05) is 4.90 Å². The fourth-order valence-corrected chi connectivity index (χ4v) is 11.2. The fraction of sp³-hybridized carbons (Fsp3) is 0.0625. The zero-order chi connectivity index (χ0) is 44.4. The molecule has 0 radical (unpaired) electrons. The first-order valence-electron chi connectivity index (χ1n) is 23.1. The molecule has 4 nitrogen and oxygen atoms in total. The van der Waals surface area contributed by atoms with Crippen LogP contribution in [0.25, 0.3) is 105 Å². The lowest BCUT2D eigenvalue weighted by Crippen LogP contribution is -2.16. The molecular formula is C64H46N2O2. The van der Waals surface area contributed by atoms with Gasteiger partial charge in [-0.15, -0.1) is 0 Å². The maximum absolute atomic E-state index is 6.74. The molecule has 1 aliphatic rings. The molecule has 0 unspecified atom stereocenters. The highest BCUT2D eigenvalue weighted by atomic mass is 16.3. The summed E-state index contributed by atoms with van der Waals surface area (Å²) in [6.07, 6.45) is 0. The van der Waals surface area contributed by atoms with Gasteiger partial charge in [0.15, 0.2) is 0 Å². The summed E-state index contributed by atoms with van der Waals surface area (Å²) in [7, 11) is 0. The molecule has 0 atom stereocenters. The van der Waals surface area contributed by atoms with Gasteiger partial charge in [-0.1, -0.05) is 155 Å². The van der Waals surface area contributed by atoms with Gasteiger partial charge in [0.1, 0.15) is 22.3 Å². The number of hydrogen-bond acceptors (Lipinski definition) is 3. The van der Waals surface area contributed by atoms with Gasteiger partial charge in [0.25, 0.3) is 0 Å². The second-order valence-corrected chi connectivity index (χ2v) is 18.4. The molecule has 14 rings (SSSR count). The van der Waals surface area contributed by atoms with E-state index in [1.54, 1.807) is 0 Å². The van der Waals surface area contributed by atoms with Crippen molar-refractivity contribution in [2.24, 2.45) is 0 Å². The summed E-state index contributed by atoms with van der Waals surface area (Å²) in [6.45, 7) is 4.70. The number of para-hydroxylation sites is 4. The van der Waals surface area contributed by atoms with Gasteiger partial charge in [0.05, 0.1) is 22.1 Å². The van der Waals surface area contributed by atoms with E-state index in [4.69, 9.17) is 8.83 Å². The number of anilines is 3. The normalized spacial score (nSPS) is 12.9. The largest absolute Gasteiger partial charge is 0.456 e. The molecule has 0 N–H and O–H groups in total. The second-order valence-electron chi connectivity index (χ2n) is 18.4. The van der Waals surface area contributed by atoms with Crippen molar-refractivity contribution >= 4 is 82.7 Å². The number of furan rings is 2. The topological polar surface area (TPSA) is 34.5 Å². The van der Waals surface area contributed by atoms with Gasteiger partial charge in [-0.05, 0) is 124 Å². The van der Waals surface area contributed by atoms with E-state index in [2.05, 4.69) is 230 Å². The molecule has 0 amide bonds. The van der Waals surface area contributed by atoms with Crippen LogP contribution in [0.1, 0.15) is 32.4 Å². The molecule has 1 aliphatic carbocycles. The quantitative estimate of drug-likeness (QED) is 0.167. The minimum atomic E-state index is -0.166. The van der Waals surface area contributed by atoms with Crippen LogP contribution in [-0.4, -0.2) is 4.57 Å². The molecule has 3 aromatic heterocycles. The van der Waals surface area contributed by atoms with Crippen LogP contribution in [-0.2, 0) is 5.41 Å². The molecule has 0 bridgehead atoms. The third kappa shape index (κ3) is 5.80. The Kier molecular flexibility index (Phi) is 8.74. The molecule has 3 heterocycles. The SMILES string of the molecule is C.CC1(C)c2ccccc2-c2ccc(N(c3ccc(-c4cccc5c4oc4ccccc45)cc3)c3cccc4oc5ccc(-c6ccc7c(c6)c6ccccc6n7-c6ccccc6)cc5c34)cc21. The van der Waals surface area contributed by atoms with E-state index in [1.165, 1.54) is 44.1 Å². The molecule has 324 valence electrons. The predicted octanol–water partition coefficient (Wildman–Crippen LogP) is 18.3. The molecule has 0 spiro atoms. The highest BCUT2D eigenvalue weighted by Crippen LogP contribution is 2.52. The van der Waals surface area contributed by atoms with E-state index in [-0.39, 0.29) is 12.8 Å². The second kappa shape index (κ2) is 15.0. The molecule has 0 aliphatic heterocycles. The van der Waals surface area contributed by atoms with E-state index in [0.717, 1.165) is 88.9 Å². The van der Waals surface area contributed by atoms with Crippen molar-refractivity contribution in [3.05, 3.63) is 230 Å². The highest BCUT2D eigenvalue weighted by Gasteiger charge is 2.36. The van der Waals surface area contributed by atoms with Gasteiger partial charge in [-0.3, -0.25) is 0 Å². The zero-order valence-electron chi connectivity index (χ0n) is 37.0. The fourth-order valence-electron chi connectivity index (χ4n) is 11.2. The van der Waals surface area contributed by atoms with Crippen molar-refractivity contribution in [1.29, 1.82) is 0 Å². The Hall–Kier alpha value is -8.60.